The number of nitrogens with one attached hydrogen (secondary N) is 2. The number of amides is 1. The molecule has 28 heavy (non-hydrogen) atoms. The molecule has 148 valence electrons. The lowest BCUT2D eigenvalue weighted by atomic mass is 10.0. The summed E-state index contributed by atoms with van der Waals surface area (Å²) in [5, 5.41) is 3.97. The molecule has 0 radical (unpaired) electrons. The van der Waals surface area contributed by atoms with E-state index < -0.39 is 0 Å². The maximum atomic E-state index is 12.1. The standard InChI is InChI=1S/C22H27N3O3/c1-27-17-12-20-18(21(13-17)28-2)11-16(25-20)9-6-10-24-22(26)14-19(23)15-7-4-3-5-8-15/h3-5,7-8,11-13,19,25H,6,9-10,14,23H2,1-2H3,(H,24,26). The van der Waals surface area contributed by atoms with Gasteiger partial charge >= 0.3 is 0 Å². The van der Waals surface area contributed by atoms with E-state index in [0.717, 1.165) is 46.5 Å². The summed E-state index contributed by atoms with van der Waals surface area (Å²) in [6, 6.07) is 15.3. The number of H-pyrrole nitrogens is 1. The first-order valence-corrected chi connectivity index (χ1v) is 9.41. The molecule has 1 amide bonds. The van der Waals surface area contributed by atoms with Gasteiger partial charge in [-0.15, -0.1) is 0 Å². The first-order valence-electron chi connectivity index (χ1n) is 9.41. The molecule has 0 saturated heterocycles. The average molecular weight is 381 g/mol. The lowest BCUT2D eigenvalue weighted by Gasteiger charge is -2.12. The number of fused-ring (bicyclic) bond motifs is 1. The van der Waals surface area contributed by atoms with Gasteiger partial charge in [-0.05, 0) is 24.5 Å². The highest BCUT2D eigenvalue weighted by Crippen LogP contribution is 2.31. The van der Waals surface area contributed by atoms with Crippen LogP contribution >= 0.6 is 0 Å². The summed E-state index contributed by atoms with van der Waals surface area (Å²) in [4.78, 5) is 15.5. The number of hydrogen-bond donors (Lipinski definition) is 3. The average Bonchev–Trinajstić information content (AvgIpc) is 3.13. The SMILES string of the molecule is COc1cc(OC)c2cc(CCCNC(=O)CC(N)c3ccccc3)[nH]c2c1. The summed E-state index contributed by atoms with van der Waals surface area (Å²) in [7, 11) is 3.29. The van der Waals surface area contributed by atoms with Crippen LogP contribution in [0.1, 0.15) is 30.1 Å². The zero-order chi connectivity index (χ0) is 19.9. The van der Waals surface area contributed by atoms with Crippen molar-refractivity contribution >= 4 is 16.8 Å². The first kappa shape index (κ1) is 19.8. The summed E-state index contributed by atoms with van der Waals surface area (Å²) in [5.41, 5.74) is 9.14. The highest BCUT2D eigenvalue weighted by atomic mass is 16.5. The lowest BCUT2D eigenvalue weighted by molar-refractivity contribution is -0.121. The molecule has 3 rings (SSSR count). The summed E-state index contributed by atoms with van der Waals surface area (Å²) in [5.74, 6) is 1.50. The largest absolute Gasteiger partial charge is 0.497 e. The van der Waals surface area contributed by atoms with E-state index >= 15 is 0 Å². The maximum absolute atomic E-state index is 12.1. The van der Waals surface area contributed by atoms with Crippen LogP contribution < -0.4 is 20.5 Å². The molecule has 0 bridgehead atoms. The normalized spacial score (nSPS) is 12.0. The number of benzene rings is 2. The second kappa shape index (κ2) is 9.28. The van der Waals surface area contributed by atoms with Gasteiger partial charge in [0, 0.05) is 42.2 Å². The molecular weight excluding hydrogens is 354 g/mol. The van der Waals surface area contributed by atoms with Crippen LogP contribution in [0.3, 0.4) is 0 Å². The van der Waals surface area contributed by atoms with Crippen molar-refractivity contribution in [3.05, 3.63) is 59.8 Å². The molecule has 0 spiro atoms. The van der Waals surface area contributed by atoms with Crippen molar-refractivity contribution in [3.8, 4) is 11.5 Å². The zero-order valence-electron chi connectivity index (χ0n) is 16.3. The highest BCUT2D eigenvalue weighted by Gasteiger charge is 2.12. The predicted octanol–water partition coefficient (Wildman–Crippen LogP) is 3.32. The van der Waals surface area contributed by atoms with Gasteiger partial charge in [-0.3, -0.25) is 4.79 Å². The van der Waals surface area contributed by atoms with E-state index in [1.54, 1.807) is 14.2 Å². The van der Waals surface area contributed by atoms with Crippen molar-refractivity contribution < 1.29 is 14.3 Å². The molecule has 6 heteroatoms. The Bertz CT molecular complexity index is 921. The summed E-state index contributed by atoms with van der Waals surface area (Å²) < 4.78 is 10.7. The van der Waals surface area contributed by atoms with E-state index in [1.807, 2.05) is 42.5 Å². The van der Waals surface area contributed by atoms with Gasteiger partial charge in [0.1, 0.15) is 11.5 Å². The molecule has 1 unspecified atom stereocenters. The smallest absolute Gasteiger partial charge is 0.221 e. The van der Waals surface area contributed by atoms with Crippen LogP contribution in [-0.2, 0) is 11.2 Å². The molecule has 0 aliphatic heterocycles. The zero-order valence-corrected chi connectivity index (χ0v) is 16.3. The van der Waals surface area contributed by atoms with Crippen molar-refractivity contribution in [2.24, 2.45) is 5.73 Å². The van der Waals surface area contributed by atoms with Gasteiger partial charge in [0.15, 0.2) is 0 Å². The quantitative estimate of drug-likeness (QED) is 0.496. The highest BCUT2D eigenvalue weighted by molar-refractivity contribution is 5.88. The molecule has 1 aromatic heterocycles. The van der Waals surface area contributed by atoms with Gasteiger partial charge in [0.05, 0.1) is 19.7 Å². The van der Waals surface area contributed by atoms with Gasteiger partial charge in [0.25, 0.3) is 0 Å². The van der Waals surface area contributed by atoms with Crippen LogP contribution in [0.5, 0.6) is 11.5 Å². The van der Waals surface area contributed by atoms with E-state index in [2.05, 4.69) is 16.4 Å². The number of aromatic nitrogens is 1. The van der Waals surface area contributed by atoms with Crippen LogP contribution in [0.4, 0.5) is 0 Å². The topological polar surface area (TPSA) is 89.4 Å². The fourth-order valence-electron chi connectivity index (χ4n) is 3.25. The fourth-order valence-corrected chi connectivity index (χ4v) is 3.25. The van der Waals surface area contributed by atoms with E-state index in [9.17, 15) is 4.79 Å². The Labute approximate surface area is 165 Å². The third-order valence-corrected chi connectivity index (χ3v) is 4.76. The van der Waals surface area contributed by atoms with E-state index in [0.29, 0.717) is 6.54 Å². The Morgan fingerprint density at radius 1 is 1.14 bits per heavy atom. The second-order valence-corrected chi connectivity index (χ2v) is 6.76. The molecule has 4 N–H and O–H groups in total. The maximum Gasteiger partial charge on any atom is 0.221 e. The number of carbonyl (C=O) groups is 1. The Kier molecular flexibility index (Phi) is 6.55. The fraction of sp³-hybridized carbons (Fsp3) is 0.318. The van der Waals surface area contributed by atoms with Gasteiger partial charge in [-0.25, -0.2) is 0 Å². The van der Waals surface area contributed by atoms with Crippen LogP contribution in [0, 0.1) is 0 Å². The number of methoxy groups -OCH3 is 2. The van der Waals surface area contributed by atoms with Gasteiger partial charge < -0.3 is 25.5 Å². The van der Waals surface area contributed by atoms with Crippen molar-refractivity contribution in [2.45, 2.75) is 25.3 Å². The van der Waals surface area contributed by atoms with Gasteiger partial charge in [-0.2, -0.15) is 0 Å². The number of carbonyl (C=O) groups excluding carboxylic acids is 1. The number of aromatic amines is 1. The lowest BCUT2D eigenvalue weighted by Crippen LogP contribution is -2.28. The summed E-state index contributed by atoms with van der Waals surface area (Å²) in [6.07, 6.45) is 1.94. The molecule has 2 aromatic carbocycles. The molecule has 0 aliphatic carbocycles. The Morgan fingerprint density at radius 2 is 1.93 bits per heavy atom. The molecule has 1 atom stereocenters. The first-order chi connectivity index (χ1) is 13.6. The number of hydrogen-bond acceptors (Lipinski definition) is 4. The molecular formula is C22H27N3O3. The van der Waals surface area contributed by atoms with E-state index in [4.69, 9.17) is 15.2 Å². The summed E-state index contributed by atoms with van der Waals surface area (Å²) >= 11 is 0. The van der Waals surface area contributed by atoms with Crippen molar-refractivity contribution in [2.75, 3.05) is 20.8 Å². The Hall–Kier alpha value is -2.99. The van der Waals surface area contributed by atoms with E-state index in [-0.39, 0.29) is 18.4 Å². The molecule has 0 fully saturated rings. The number of nitrogens with two attached hydrogens (primary N) is 1. The summed E-state index contributed by atoms with van der Waals surface area (Å²) in [6.45, 7) is 0.607. The molecule has 0 aliphatic rings. The molecule has 3 aromatic rings. The van der Waals surface area contributed by atoms with Crippen molar-refractivity contribution in [1.29, 1.82) is 0 Å². The van der Waals surface area contributed by atoms with Crippen LogP contribution in [-0.4, -0.2) is 31.7 Å². The van der Waals surface area contributed by atoms with Crippen LogP contribution in [0.2, 0.25) is 0 Å². The minimum absolute atomic E-state index is 0.0283. The predicted molar refractivity (Wildman–Crippen MR) is 111 cm³/mol. The van der Waals surface area contributed by atoms with Crippen molar-refractivity contribution in [3.63, 3.8) is 0 Å². The molecule has 0 saturated carbocycles. The number of rotatable bonds is 9. The van der Waals surface area contributed by atoms with Crippen LogP contribution in [0.25, 0.3) is 10.9 Å². The van der Waals surface area contributed by atoms with Gasteiger partial charge in [0.2, 0.25) is 5.91 Å². The molecule has 1 heterocycles. The monoisotopic (exact) mass is 381 g/mol. The third kappa shape index (κ3) is 4.84. The van der Waals surface area contributed by atoms with Crippen LogP contribution in [0.15, 0.2) is 48.5 Å². The number of ether oxygens (including phenoxy) is 2. The Morgan fingerprint density at radius 3 is 2.64 bits per heavy atom. The van der Waals surface area contributed by atoms with Gasteiger partial charge in [-0.1, -0.05) is 30.3 Å². The van der Waals surface area contributed by atoms with Crippen molar-refractivity contribution in [1.82, 2.24) is 10.3 Å². The minimum atomic E-state index is -0.280. The molecule has 6 nitrogen and oxygen atoms in total. The second-order valence-electron chi connectivity index (χ2n) is 6.76. The van der Waals surface area contributed by atoms with E-state index in [1.165, 1.54) is 0 Å². The third-order valence-electron chi connectivity index (χ3n) is 4.76. The number of aryl methyl sites for hydroxylation is 1. The Balaban J connectivity index is 1.49. The minimum Gasteiger partial charge on any atom is -0.497 e.